The number of hydrogen-bond acceptors (Lipinski definition) is 6. The molecule has 0 spiro atoms. The predicted molar refractivity (Wildman–Crippen MR) is 89.2 cm³/mol. The number of fused-ring (bicyclic) bond motifs is 1. The predicted octanol–water partition coefficient (Wildman–Crippen LogP) is 3.06. The minimum absolute atomic E-state index is 0. The summed E-state index contributed by atoms with van der Waals surface area (Å²) in [4.78, 5) is 16.5. The summed E-state index contributed by atoms with van der Waals surface area (Å²) in [5.74, 6) is -0.715. The Labute approximate surface area is 150 Å². The Morgan fingerprint density at radius 3 is 2.68 bits per heavy atom. The van der Waals surface area contributed by atoms with E-state index in [1.807, 2.05) is 0 Å². The van der Waals surface area contributed by atoms with Gasteiger partial charge in [-0.25, -0.2) is 4.98 Å². The first kappa shape index (κ1) is 19.7. The van der Waals surface area contributed by atoms with Gasteiger partial charge in [0.2, 0.25) is 5.91 Å². The van der Waals surface area contributed by atoms with Crippen LogP contribution in [0.4, 0.5) is 18.3 Å². The van der Waals surface area contributed by atoms with E-state index in [-0.39, 0.29) is 29.2 Å². The van der Waals surface area contributed by atoms with E-state index >= 15 is 0 Å². The zero-order valence-electron chi connectivity index (χ0n) is 12.8. The number of carbonyl (C=O) groups excluding carboxylic acids is 1. The van der Waals surface area contributed by atoms with Gasteiger partial charge in [-0.1, -0.05) is 11.3 Å². The summed E-state index contributed by atoms with van der Waals surface area (Å²) in [5.41, 5.74) is 5.51. The Bertz CT molecular complexity index is 763. The molecule has 0 aliphatic carbocycles. The highest BCUT2D eigenvalue weighted by molar-refractivity contribution is 7.22. The number of carbonyl (C=O) groups is 1. The minimum atomic E-state index is -4.76. The number of nitrogens with zero attached hydrogens (tertiary/aromatic N) is 1. The van der Waals surface area contributed by atoms with Crippen LogP contribution in [0.25, 0.3) is 10.2 Å². The van der Waals surface area contributed by atoms with Gasteiger partial charge in [0.15, 0.2) is 5.13 Å². The number of anilines is 1. The SMILES string of the molecule is Cl.NC1(C(=O)Nc2nc3ccc(OC(F)(F)F)cc3s2)CCOCC1. The maximum Gasteiger partial charge on any atom is 0.573 e. The number of aromatic nitrogens is 1. The smallest absolute Gasteiger partial charge is 0.406 e. The summed E-state index contributed by atoms with van der Waals surface area (Å²) < 4.78 is 46.3. The molecular weight excluding hydrogens is 383 g/mol. The van der Waals surface area contributed by atoms with E-state index in [0.29, 0.717) is 36.3 Å². The molecule has 2 heterocycles. The van der Waals surface area contributed by atoms with Crippen molar-refractivity contribution < 1.29 is 27.4 Å². The maximum absolute atomic E-state index is 12.3. The monoisotopic (exact) mass is 397 g/mol. The van der Waals surface area contributed by atoms with Gasteiger partial charge < -0.3 is 20.5 Å². The van der Waals surface area contributed by atoms with Gasteiger partial charge in [-0.05, 0) is 25.0 Å². The van der Waals surface area contributed by atoms with Gasteiger partial charge in [-0.3, -0.25) is 4.79 Å². The molecule has 1 saturated heterocycles. The Morgan fingerprint density at radius 1 is 1.36 bits per heavy atom. The fourth-order valence-corrected chi connectivity index (χ4v) is 3.23. The Kier molecular flexibility index (Phi) is 5.77. The summed E-state index contributed by atoms with van der Waals surface area (Å²) in [5, 5.41) is 2.91. The maximum atomic E-state index is 12.3. The Hall–Kier alpha value is -1.62. The van der Waals surface area contributed by atoms with Gasteiger partial charge in [0.05, 0.1) is 10.2 Å². The van der Waals surface area contributed by atoms with Gasteiger partial charge in [-0.15, -0.1) is 25.6 Å². The first-order valence-corrected chi connectivity index (χ1v) is 7.91. The molecule has 3 rings (SSSR count). The van der Waals surface area contributed by atoms with Gasteiger partial charge >= 0.3 is 6.36 Å². The Balaban J connectivity index is 0.00000225. The fraction of sp³-hybridized carbons (Fsp3) is 0.429. The molecular formula is C14H15ClF3N3O3S. The normalized spacial score (nSPS) is 17.0. The van der Waals surface area contributed by atoms with Crippen molar-refractivity contribution >= 4 is 45.0 Å². The van der Waals surface area contributed by atoms with Crippen LogP contribution in [0.15, 0.2) is 18.2 Å². The van der Waals surface area contributed by atoms with E-state index in [1.54, 1.807) is 0 Å². The molecule has 0 saturated carbocycles. The van der Waals surface area contributed by atoms with E-state index in [0.717, 1.165) is 11.3 Å². The average Bonchev–Trinajstić information content (AvgIpc) is 2.87. The minimum Gasteiger partial charge on any atom is -0.406 e. The summed E-state index contributed by atoms with van der Waals surface area (Å²) in [6.07, 6.45) is -3.97. The number of nitrogens with one attached hydrogen (secondary N) is 1. The van der Waals surface area contributed by atoms with Crippen molar-refractivity contribution in [2.75, 3.05) is 18.5 Å². The molecule has 0 atom stereocenters. The van der Waals surface area contributed by atoms with Crippen LogP contribution in [-0.2, 0) is 9.53 Å². The number of alkyl halides is 3. The lowest BCUT2D eigenvalue weighted by Crippen LogP contribution is -2.54. The highest BCUT2D eigenvalue weighted by Gasteiger charge is 2.36. The first-order valence-electron chi connectivity index (χ1n) is 7.10. The third-order valence-corrected chi connectivity index (χ3v) is 4.58. The van der Waals surface area contributed by atoms with Crippen molar-refractivity contribution in [2.45, 2.75) is 24.7 Å². The van der Waals surface area contributed by atoms with E-state index in [2.05, 4.69) is 15.0 Å². The molecule has 1 fully saturated rings. The van der Waals surface area contributed by atoms with Crippen molar-refractivity contribution in [1.82, 2.24) is 4.98 Å². The van der Waals surface area contributed by atoms with Crippen LogP contribution in [0.1, 0.15) is 12.8 Å². The van der Waals surface area contributed by atoms with Crippen LogP contribution in [0.5, 0.6) is 5.75 Å². The molecule has 11 heteroatoms. The van der Waals surface area contributed by atoms with Crippen LogP contribution in [0.2, 0.25) is 0 Å². The van der Waals surface area contributed by atoms with Gasteiger partial charge in [-0.2, -0.15) is 0 Å². The van der Waals surface area contributed by atoms with Crippen LogP contribution < -0.4 is 15.8 Å². The number of ether oxygens (including phenoxy) is 2. The molecule has 25 heavy (non-hydrogen) atoms. The van der Waals surface area contributed by atoms with Crippen molar-refractivity contribution in [3.8, 4) is 5.75 Å². The topological polar surface area (TPSA) is 86.5 Å². The number of amides is 1. The van der Waals surface area contributed by atoms with Gasteiger partial charge in [0.1, 0.15) is 11.3 Å². The number of benzene rings is 1. The van der Waals surface area contributed by atoms with Crippen molar-refractivity contribution in [1.29, 1.82) is 0 Å². The van der Waals surface area contributed by atoms with E-state index in [1.165, 1.54) is 18.2 Å². The molecule has 1 aromatic carbocycles. The second-order valence-electron chi connectivity index (χ2n) is 5.42. The standard InChI is InChI=1S/C14H14F3N3O3S.ClH/c15-14(16,17)23-8-1-2-9-10(7-8)24-12(19-9)20-11(21)13(18)3-5-22-6-4-13;/h1-2,7H,3-6,18H2,(H,19,20,21);1H. The molecule has 6 nitrogen and oxygen atoms in total. The zero-order chi connectivity index (χ0) is 17.4. The molecule has 0 radical (unpaired) electrons. The summed E-state index contributed by atoms with van der Waals surface area (Å²) in [6, 6.07) is 3.79. The summed E-state index contributed by atoms with van der Waals surface area (Å²) >= 11 is 1.05. The molecule has 1 amide bonds. The summed E-state index contributed by atoms with van der Waals surface area (Å²) in [6.45, 7) is 0.809. The fourth-order valence-electron chi connectivity index (χ4n) is 2.34. The van der Waals surface area contributed by atoms with Crippen molar-refractivity contribution in [3.05, 3.63) is 18.2 Å². The number of halogens is 4. The number of hydrogen-bond donors (Lipinski definition) is 2. The number of nitrogens with two attached hydrogens (primary N) is 1. The second-order valence-corrected chi connectivity index (χ2v) is 6.45. The third kappa shape index (κ3) is 4.72. The molecule has 1 aliphatic heterocycles. The highest BCUT2D eigenvalue weighted by Crippen LogP contribution is 2.32. The lowest BCUT2D eigenvalue weighted by molar-refractivity contribution is -0.274. The molecule has 0 unspecified atom stereocenters. The molecule has 3 N–H and O–H groups in total. The lowest BCUT2D eigenvalue weighted by Gasteiger charge is -2.31. The largest absolute Gasteiger partial charge is 0.573 e. The molecule has 0 bridgehead atoms. The van der Waals surface area contributed by atoms with Crippen LogP contribution >= 0.6 is 23.7 Å². The molecule has 138 valence electrons. The van der Waals surface area contributed by atoms with E-state index in [9.17, 15) is 18.0 Å². The number of rotatable bonds is 3. The van der Waals surface area contributed by atoms with Crippen molar-refractivity contribution in [2.24, 2.45) is 5.73 Å². The molecule has 2 aromatic rings. The van der Waals surface area contributed by atoms with Crippen LogP contribution in [-0.4, -0.2) is 36.0 Å². The third-order valence-electron chi connectivity index (χ3n) is 3.65. The lowest BCUT2D eigenvalue weighted by atomic mass is 9.90. The van der Waals surface area contributed by atoms with E-state index < -0.39 is 11.9 Å². The highest BCUT2D eigenvalue weighted by atomic mass is 35.5. The average molecular weight is 398 g/mol. The van der Waals surface area contributed by atoms with Crippen LogP contribution in [0.3, 0.4) is 0 Å². The summed E-state index contributed by atoms with van der Waals surface area (Å²) in [7, 11) is 0. The molecule has 1 aromatic heterocycles. The zero-order valence-corrected chi connectivity index (χ0v) is 14.4. The second kappa shape index (κ2) is 7.32. The van der Waals surface area contributed by atoms with Crippen LogP contribution in [0, 0.1) is 0 Å². The van der Waals surface area contributed by atoms with Gasteiger partial charge in [0, 0.05) is 19.3 Å². The first-order chi connectivity index (χ1) is 11.3. The molecule has 1 aliphatic rings. The van der Waals surface area contributed by atoms with Gasteiger partial charge in [0.25, 0.3) is 0 Å². The van der Waals surface area contributed by atoms with E-state index in [4.69, 9.17) is 10.5 Å². The Morgan fingerprint density at radius 2 is 2.04 bits per heavy atom. The number of thiazole rings is 1. The quantitative estimate of drug-likeness (QED) is 0.831. The van der Waals surface area contributed by atoms with Crippen molar-refractivity contribution in [3.63, 3.8) is 0 Å².